The molecule has 2 heterocycles. The van der Waals surface area contributed by atoms with Crippen LogP contribution in [0.25, 0.3) is 11.3 Å². The summed E-state index contributed by atoms with van der Waals surface area (Å²) < 4.78 is 0. The molecule has 82 valence electrons. The molecule has 0 radical (unpaired) electrons. The summed E-state index contributed by atoms with van der Waals surface area (Å²) in [6, 6.07) is 3.98. The van der Waals surface area contributed by atoms with Gasteiger partial charge in [-0.1, -0.05) is 0 Å². The normalized spacial score (nSPS) is 10.1. The van der Waals surface area contributed by atoms with E-state index in [4.69, 9.17) is 0 Å². The average Bonchev–Trinajstić information content (AvgIpc) is 2.32. The molecule has 0 unspecified atom stereocenters. The first-order chi connectivity index (χ1) is 7.81. The number of rotatable bonds is 3. The van der Waals surface area contributed by atoms with Gasteiger partial charge in [-0.25, -0.2) is 4.98 Å². The van der Waals surface area contributed by atoms with Crippen molar-refractivity contribution in [3.05, 3.63) is 36.4 Å². The van der Waals surface area contributed by atoms with Gasteiger partial charge in [-0.2, -0.15) is 0 Å². The topological polar surface area (TPSA) is 50.7 Å². The van der Waals surface area contributed by atoms with Crippen LogP contribution in [0.4, 0.5) is 5.82 Å². The largest absolute Gasteiger partial charge is 0.369 e. The Balaban J connectivity index is 2.42. The first kappa shape index (κ1) is 10.5. The Bertz CT molecular complexity index is 465. The number of nitrogens with one attached hydrogen (secondary N) is 1. The highest BCUT2D eigenvalue weighted by atomic mass is 15.0. The van der Waals surface area contributed by atoms with Crippen LogP contribution >= 0.6 is 0 Å². The summed E-state index contributed by atoms with van der Waals surface area (Å²) in [6.07, 6.45) is 5.19. The van der Waals surface area contributed by atoms with Gasteiger partial charge in [-0.15, -0.1) is 0 Å². The second-order valence-electron chi connectivity index (χ2n) is 3.47. The van der Waals surface area contributed by atoms with E-state index in [1.54, 1.807) is 12.4 Å². The highest BCUT2D eigenvalue weighted by molar-refractivity contribution is 5.70. The third-order valence-corrected chi connectivity index (χ3v) is 2.23. The summed E-state index contributed by atoms with van der Waals surface area (Å²) in [5.74, 6) is 0.802. The SMILES string of the molecule is CCNc1nccnc1-c1ccc(C)nc1. The fourth-order valence-corrected chi connectivity index (χ4v) is 1.45. The Labute approximate surface area is 94.8 Å². The molecule has 0 atom stereocenters. The molecule has 4 heteroatoms. The fraction of sp³-hybridized carbons (Fsp3) is 0.250. The van der Waals surface area contributed by atoms with Crippen LogP contribution in [0.2, 0.25) is 0 Å². The van der Waals surface area contributed by atoms with Gasteiger partial charge in [-0.05, 0) is 26.0 Å². The van der Waals surface area contributed by atoms with Gasteiger partial charge in [0.2, 0.25) is 0 Å². The first-order valence-electron chi connectivity index (χ1n) is 5.29. The Morgan fingerprint density at radius 2 is 1.94 bits per heavy atom. The lowest BCUT2D eigenvalue weighted by Crippen LogP contribution is -2.02. The van der Waals surface area contributed by atoms with E-state index in [2.05, 4.69) is 20.3 Å². The van der Waals surface area contributed by atoms with E-state index >= 15 is 0 Å². The van der Waals surface area contributed by atoms with E-state index < -0.39 is 0 Å². The molecule has 0 spiro atoms. The second-order valence-corrected chi connectivity index (χ2v) is 3.47. The van der Waals surface area contributed by atoms with Crippen molar-refractivity contribution in [1.29, 1.82) is 0 Å². The van der Waals surface area contributed by atoms with Gasteiger partial charge in [0, 0.05) is 36.4 Å². The predicted molar refractivity (Wildman–Crippen MR) is 64.2 cm³/mol. The van der Waals surface area contributed by atoms with Crippen LogP contribution in [0.5, 0.6) is 0 Å². The molecule has 0 saturated carbocycles. The molecule has 0 aliphatic rings. The lowest BCUT2D eigenvalue weighted by Gasteiger charge is -2.07. The zero-order valence-electron chi connectivity index (χ0n) is 9.44. The Morgan fingerprint density at radius 1 is 1.12 bits per heavy atom. The van der Waals surface area contributed by atoms with E-state index in [1.165, 1.54) is 0 Å². The predicted octanol–water partition coefficient (Wildman–Crippen LogP) is 2.28. The van der Waals surface area contributed by atoms with Gasteiger partial charge in [0.25, 0.3) is 0 Å². The van der Waals surface area contributed by atoms with Crippen molar-refractivity contribution < 1.29 is 0 Å². The summed E-state index contributed by atoms with van der Waals surface area (Å²) in [4.78, 5) is 12.9. The molecule has 0 bridgehead atoms. The monoisotopic (exact) mass is 214 g/mol. The molecule has 2 aromatic heterocycles. The van der Waals surface area contributed by atoms with Crippen molar-refractivity contribution >= 4 is 5.82 Å². The third-order valence-electron chi connectivity index (χ3n) is 2.23. The van der Waals surface area contributed by atoms with Crippen molar-refractivity contribution in [1.82, 2.24) is 15.0 Å². The molecule has 0 aromatic carbocycles. The van der Waals surface area contributed by atoms with E-state index in [1.807, 2.05) is 32.2 Å². The average molecular weight is 214 g/mol. The molecular formula is C12H14N4. The lowest BCUT2D eigenvalue weighted by molar-refractivity contribution is 1.12. The van der Waals surface area contributed by atoms with Gasteiger partial charge < -0.3 is 5.32 Å². The quantitative estimate of drug-likeness (QED) is 0.851. The summed E-state index contributed by atoms with van der Waals surface area (Å²) in [7, 11) is 0. The lowest BCUT2D eigenvalue weighted by atomic mass is 10.2. The van der Waals surface area contributed by atoms with Crippen molar-refractivity contribution in [2.24, 2.45) is 0 Å². The summed E-state index contributed by atoms with van der Waals surface area (Å²) >= 11 is 0. The van der Waals surface area contributed by atoms with Crippen LogP contribution in [-0.2, 0) is 0 Å². The Hall–Kier alpha value is -1.97. The van der Waals surface area contributed by atoms with E-state index in [9.17, 15) is 0 Å². The number of hydrogen-bond acceptors (Lipinski definition) is 4. The smallest absolute Gasteiger partial charge is 0.152 e. The van der Waals surface area contributed by atoms with Crippen molar-refractivity contribution in [3.63, 3.8) is 0 Å². The molecule has 1 N–H and O–H groups in total. The van der Waals surface area contributed by atoms with Crippen molar-refractivity contribution in [2.45, 2.75) is 13.8 Å². The summed E-state index contributed by atoms with van der Waals surface area (Å²) in [5, 5.41) is 3.19. The summed E-state index contributed by atoms with van der Waals surface area (Å²) in [6.45, 7) is 4.82. The van der Waals surface area contributed by atoms with Crippen LogP contribution in [0.1, 0.15) is 12.6 Å². The highest BCUT2D eigenvalue weighted by Crippen LogP contribution is 2.22. The highest BCUT2D eigenvalue weighted by Gasteiger charge is 2.06. The molecule has 2 aromatic rings. The maximum Gasteiger partial charge on any atom is 0.152 e. The van der Waals surface area contributed by atoms with Crippen LogP contribution < -0.4 is 5.32 Å². The minimum Gasteiger partial charge on any atom is -0.369 e. The van der Waals surface area contributed by atoms with Gasteiger partial charge >= 0.3 is 0 Å². The second kappa shape index (κ2) is 4.70. The van der Waals surface area contributed by atoms with Crippen LogP contribution in [0, 0.1) is 6.92 Å². The van der Waals surface area contributed by atoms with E-state index in [-0.39, 0.29) is 0 Å². The minimum atomic E-state index is 0.802. The Kier molecular flexibility index (Phi) is 3.10. The number of hydrogen-bond donors (Lipinski definition) is 1. The third kappa shape index (κ3) is 2.16. The molecule has 4 nitrogen and oxygen atoms in total. The maximum atomic E-state index is 4.33. The number of nitrogens with zero attached hydrogens (tertiary/aromatic N) is 3. The Morgan fingerprint density at radius 3 is 2.62 bits per heavy atom. The van der Waals surface area contributed by atoms with Gasteiger partial charge in [0.15, 0.2) is 5.82 Å². The first-order valence-corrected chi connectivity index (χ1v) is 5.29. The molecule has 0 amide bonds. The number of pyridine rings is 1. The number of aryl methyl sites for hydroxylation is 1. The van der Waals surface area contributed by atoms with Crippen LogP contribution in [-0.4, -0.2) is 21.5 Å². The standard InChI is InChI=1S/C12H14N4/c1-3-13-12-11(14-6-7-15-12)10-5-4-9(2)16-8-10/h4-8H,3H2,1-2H3,(H,13,15). The molecule has 2 rings (SSSR count). The fourth-order valence-electron chi connectivity index (χ4n) is 1.45. The molecular weight excluding hydrogens is 200 g/mol. The van der Waals surface area contributed by atoms with Crippen LogP contribution in [0.3, 0.4) is 0 Å². The van der Waals surface area contributed by atoms with Gasteiger partial charge in [0.1, 0.15) is 5.69 Å². The summed E-state index contributed by atoms with van der Waals surface area (Å²) in [5.41, 5.74) is 2.82. The maximum absolute atomic E-state index is 4.33. The van der Waals surface area contributed by atoms with Gasteiger partial charge in [-0.3, -0.25) is 9.97 Å². The molecule has 0 aliphatic heterocycles. The van der Waals surface area contributed by atoms with Gasteiger partial charge in [0.05, 0.1) is 0 Å². The minimum absolute atomic E-state index is 0.802. The van der Waals surface area contributed by atoms with E-state index in [0.717, 1.165) is 29.3 Å². The number of anilines is 1. The van der Waals surface area contributed by atoms with Crippen LogP contribution in [0.15, 0.2) is 30.7 Å². The molecule has 0 aliphatic carbocycles. The van der Waals surface area contributed by atoms with E-state index in [0.29, 0.717) is 0 Å². The number of aromatic nitrogens is 3. The van der Waals surface area contributed by atoms with Crippen molar-refractivity contribution in [3.8, 4) is 11.3 Å². The van der Waals surface area contributed by atoms with Crippen molar-refractivity contribution in [2.75, 3.05) is 11.9 Å². The molecule has 16 heavy (non-hydrogen) atoms. The zero-order chi connectivity index (χ0) is 11.4. The zero-order valence-corrected chi connectivity index (χ0v) is 9.44. The molecule has 0 fully saturated rings. The molecule has 0 saturated heterocycles.